The predicted octanol–water partition coefficient (Wildman–Crippen LogP) is 35.6. The van der Waals surface area contributed by atoms with Crippen LogP contribution in [0.3, 0.4) is 0 Å². The zero-order chi connectivity index (χ0) is 88.2. The second-order valence-corrected chi connectivity index (χ2v) is 63.3. The number of aryl methyl sites for hydroxylation is 1. The van der Waals surface area contributed by atoms with Gasteiger partial charge in [-0.25, -0.2) is 0 Å². The van der Waals surface area contributed by atoms with E-state index < -0.39 is 37.0 Å². The number of fused-ring (bicyclic) bond motifs is 4. The molecule has 6 aliphatic rings. The summed E-state index contributed by atoms with van der Waals surface area (Å²) in [6.45, 7) is 103. The zero-order valence-corrected chi connectivity index (χ0v) is 90.0. The molecule has 0 nitrogen and oxygen atoms in total. The van der Waals surface area contributed by atoms with Crippen molar-refractivity contribution in [2.75, 3.05) is 0 Å². The van der Waals surface area contributed by atoms with Gasteiger partial charge in [0.1, 0.15) is 0 Å². The molecule has 10 atom stereocenters. The first kappa shape index (κ1) is 100. The minimum absolute atomic E-state index is 0. The van der Waals surface area contributed by atoms with Crippen LogP contribution in [-0.2, 0) is 69.6 Å². The Morgan fingerprint density at radius 1 is 0.353 bits per heavy atom. The van der Waals surface area contributed by atoms with Crippen molar-refractivity contribution in [2.24, 2.45) is 40.9 Å². The second-order valence-electron chi connectivity index (χ2n) is 49.8. The van der Waals surface area contributed by atoms with Gasteiger partial charge in [0.25, 0.3) is 0 Å². The van der Waals surface area contributed by atoms with Crippen molar-refractivity contribution in [1.29, 1.82) is 0 Å². The molecule has 0 saturated heterocycles. The number of rotatable bonds is 8. The Balaban J connectivity index is 0.000000282. The maximum atomic E-state index is 4.93. The molecule has 0 aromatic heterocycles. The Bertz CT molecular complexity index is 4850. The van der Waals surface area contributed by atoms with Crippen molar-refractivity contribution in [3.05, 3.63) is 247 Å². The van der Waals surface area contributed by atoms with Crippen LogP contribution < -0.4 is 0 Å². The van der Waals surface area contributed by atoms with Gasteiger partial charge in [-0.1, -0.05) is 391 Å². The number of hydrogen-bond acceptors (Lipinski definition) is 0. The average Bonchev–Trinajstić information content (AvgIpc) is 1.57. The summed E-state index contributed by atoms with van der Waals surface area (Å²) < 4.78 is 0. The quantitative estimate of drug-likeness (QED) is 0.105. The second kappa shape index (κ2) is 34.4. The third-order valence-electron chi connectivity index (χ3n) is 29.0. The van der Waals surface area contributed by atoms with Gasteiger partial charge in [-0.3, -0.25) is 0 Å². The molecule has 0 N–H and O–H groups in total. The number of allylic oxidation sites excluding steroid dienone is 10. The number of benzene rings is 6. The van der Waals surface area contributed by atoms with E-state index in [-0.39, 0.29) is 69.0 Å². The van der Waals surface area contributed by atoms with Crippen molar-refractivity contribution in [3.8, 4) is 22.3 Å². The summed E-state index contributed by atoms with van der Waals surface area (Å²) in [7, 11) is 5.85. The molecule has 0 bridgehead atoms. The van der Waals surface area contributed by atoms with Crippen molar-refractivity contribution >= 4 is 56.5 Å². The van der Waals surface area contributed by atoms with Crippen molar-refractivity contribution in [1.82, 2.24) is 0 Å². The van der Waals surface area contributed by atoms with E-state index in [4.69, 9.17) is 17.0 Å². The fourth-order valence-corrected chi connectivity index (χ4v) is 34.3. The molecule has 0 amide bonds. The van der Waals surface area contributed by atoms with Crippen LogP contribution in [0.15, 0.2) is 137 Å². The Kier molecular flexibility index (Phi) is 29.0. The molecule has 0 radical (unpaired) electrons. The third kappa shape index (κ3) is 20.4. The molecule has 2 fully saturated rings. The fraction of sp³-hybridized carbons (Fsp3) is 0.561. The summed E-state index contributed by atoms with van der Waals surface area (Å²) in [6, 6.07) is 38.0. The van der Waals surface area contributed by atoms with E-state index in [9.17, 15) is 0 Å². The summed E-state index contributed by atoms with van der Waals surface area (Å²) in [5.74, 6) is 3.81. The molecule has 12 rings (SSSR count). The predicted molar refractivity (Wildman–Crippen MR) is 538 cm³/mol. The van der Waals surface area contributed by atoms with Crippen LogP contribution in [0.5, 0.6) is 0 Å². The number of halogens is 2. The van der Waals surface area contributed by atoms with E-state index in [1.165, 1.54) is 130 Å². The minimum atomic E-state index is -2.14. The van der Waals surface area contributed by atoms with E-state index >= 15 is 0 Å². The van der Waals surface area contributed by atoms with Crippen molar-refractivity contribution in [3.63, 3.8) is 0 Å². The SMILES string of the molecule is CC1=CC2C(CC(C)C2[Si](C)(C)C2C(C)CC3C(c4cc(C(C)(C)C)cc(C(C)(C)C)c4)=C(C)C(C(C)(C)C)=CC32)C(c2cc(C(C)(C)C)cc(C(C)(C)C)c2)=C1.CC1=Cc2c(-c3cc(C(C)(C)C)cc(C(C)(C)C)c3)cc(C)cc2C1[Si](C)(C)C1C(C)=Cc2c1cc(C(C)(C)C)c(C)c2-c1cc(C(C)(C)C)cc(C(C)(C)C)c1.[CH3-].[CH3-].[Cl][Zr+2][Cl]. The molecule has 0 aliphatic heterocycles. The Labute approximate surface area is 753 Å². The van der Waals surface area contributed by atoms with Gasteiger partial charge in [-0.2, -0.15) is 0 Å². The molecular formula is C114H166Cl2Si2Zr. The van der Waals surface area contributed by atoms with Crippen LogP contribution in [0.1, 0.15) is 368 Å². The van der Waals surface area contributed by atoms with Crippen LogP contribution in [-0.4, -0.2) is 16.1 Å². The summed E-state index contributed by atoms with van der Waals surface area (Å²) in [6.07, 6.45) is 16.0. The van der Waals surface area contributed by atoms with Gasteiger partial charge >= 0.3 is 37.9 Å². The van der Waals surface area contributed by atoms with Crippen LogP contribution in [0.4, 0.5) is 0 Å². The summed E-state index contributed by atoms with van der Waals surface area (Å²) >= 11 is -0.826. The summed E-state index contributed by atoms with van der Waals surface area (Å²) in [5, 5.41) is 0. The molecule has 119 heavy (non-hydrogen) atoms. The zero-order valence-electron chi connectivity index (χ0n) is 84.0. The van der Waals surface area contributed by atoms with Gasteiger partial charge in [0.05, 0.1) is 16.1 Å². The van der Waals surface area contributed by atoms with Crippen LogP contribution in [0, 0.1) is 69.6 Å². The molecule has 6 aromatic rings. The average molecular weight is 1750 g/mol. The van der Waals surface area contributed by atoms with E-state index in [1.807, 2.05) is 0 Å². The molecule has 0 spiro atoms. The molecular weight excluding hydrogens is 1590 g/mol. The molecule has 10 unspecified atom stereocenters. The molecule has 6 aromatic carbocycles. The molecule has 2 saturated carbocycles. The third-order valence-corrected chi connectivity index (χ3v) is 38.9. The fourth-order valence-electron chi connectivity index (χ4n) is 23.1. The summed E-state index contributed by atoms with van der Waals surface area (Å²) in [4.78, 5) is 0. The van der Waals surface area contributed by atoms with Gasteiger partial charge in [0.2, 0.25) is 0 Å². The van der Waals surface area contributed by atoms with Crippen LogP contribution >= 0.6 is 17.0 Å². The van der Waals surface area contributed by atoms with E-state index in [0.717, 1.165) is 17.0 Å². The van der Waals surface area contributed by atoms with Gasteiger partial charge in [-0.15, -0.1) is 0 Å². The number of hydrogen-bond donors (Lipinski definition) is 0. The first-order valence-electron chi connectivity index (χ1n) is 45.2. The maximum absolute atomic E-state index is 4.93. The first-order valence-corrected chi connectivity index (χ1v) is 57.8. The standard InChI is InChI=1S/C56H84Si.C56H76Si.2CH3.2ClH.Zr/c2*1-33-22-43(37-26-39(52(5,6)7)30-40(27-37)53(8,9)10)44-24-34(2)50(46(44)23-33)57(20,21)51-35(3)25-45-47(51)32-48(56(17,18)19)36(4)49(45)38-28-41(54(11,12)13)31-42(29-38)55(14,15)16;;;;;/h22-23,26-32,34-35,44-47,50-51H,24-25H2,1-21H3;22-32,50-51H,1-21H3;2*1H3;2*1H;/q;;2*-1;;;+4/p-2. The molecule has 0 heterocycles. The normalized spacial score (nSPS) is 22.4. The Morgan fingerprint density at radius 3 is 1.06 bits per heavy atom. The van der Waals surface area contributed by atoms with Crippen LogP contribution in [0.2, 0.25) is 37.3 Å². The van der Waals surface area contributed by atoms with Crippen LogP contribution in [0.25, 0.3) is 45.6 Å². The van der Waals surface area contributed by atoms with Gasteiger partial charge in [0, 0.05) is 11.1 Å². The molecule has 6 aliphatic carbocycles. The van der Waals surface area contributed by atoms with Gasteiger partial charge in [-0.05, 0) is 289 Å². The van der Waals surface area contributed by atoms with Gasteiger partial charge in [0.15, 0.2) is 0 Å². The molecule has 648 valence electrons. The Hall–Kier alpha value is -4.34. The van der Waals surface area contributed by atoms with Gasteiger partial charge < -0.3 is 14.9 Å². The monoisotopic (exact) mass is 1750 g/mol. The van der Waals surface area contributed by atoms with E-state index in [1.54, 1.807) is 39.0 Å². The van der Waals surface area contributed by atoms with Crippen molar-refractivity contribution < 1.29 is 20.8 Å². The van der Waals surface area contributed by atoms with E-state index in [2.05, 4.69) is 411 Å². The van der Waals surface area contributed by atoms with Crippen molar-refractivity contribution in [2.45, 2.75) is 373 Å². The Morgan fingerprint density at radius 2 is 0.689 bits per heavy atom. The topological polar surface area (TPSA) is 0 Å². The molecule has 5 heteroatoms. The summed E-state index contributed by atoms with van der Waals surface area (Å²) in [5.41, 5.74) is 44.6. The first-order chi connectivity index (χ1) is 53.0. The van der Waals surface area contributed by atoms with E-state index in [0.29, 0.717) is 40.7 Å².